The lowest BCUT2D eigenvalue weighted by Gasteiger charge is -2.23. The van der Waals surface area contributed by atoms with Gasteiger partial charge in [-0.15, -0.1) is 0 Å². The van der Waals surface area contributed by atoms with Crippen LogP contribution in [0.1, 0.15) is 52.7 Å². The third kappa shape index (κ3) is 2.74. The number of aromatic nitrogens is 2. The minimum Gasteiger partial charge on any atom is -0.278 e. The number of H-pyrrole nitrogens is 1. The van der Waals surface area contributed by atoms with Gasteiger partial charge in [-0.25, -0.2) is 0 Å². The van der Waals surface area contributed by atoms with Crippen molar-refractivity contribution in [1.29, 1.82) is 0 Å². The fourth-order valence-electron chi connectivity index (χ4n) is 2.43. The summed E-state index contributed by atoms with van der Waals surface area (Å²) in [5.41, 5.74) is 4.39. The quantitative estimate of drug-likeness (QED) is 0.789. The van der Waals surface area contributed by atoms with E-state index in [9.17, 15) is 0 Å². The molecule has 0 atom stereocenters. The molecule has 18 heavy (non-hydrogen) atoms. The molecule has 0 radical (unpaired) electrons. The summed E-state index contributed by atoms with van der Waals surface area (Å²) in [6, 6.07) is 4.60. The number of aromatic amines is 1. The molecule has 98 valence electrons. The number of nitrogens with zero attached hydrogens (tertiary/aromatic N) is 1. The van der Waals surface area contributed by atoms with Crippen molar-refractivity contribution < 1.29 is 0 Å². The molecule has 0 aliphatic heterocycles. The van der Waals surface area contributed by atoms with Gasteiger partial charge in [0.2, 0.25) is 0 Å². The second-order valence-electron chi connectivity index (χ2n) is 7.47. The predicted octanol–water partition coefficient (Wildman–Crippen LogP) is 4.45. The van der Waals surface area contributed by atoms with Gasteiger partial charge in [0, 0.05) is 5.39 Å². The van der Waals surface area contributed by atoms with E-state index in [1.807, 2.05) is 6.20 Å². The van der Waals surface area contributed by atoms with Crippen molar-refractivity contribution in [2.75, 3.05) is 0 Å². The highest BCUT2D eigenvalue weighted by Crippen LogP contribution is 2.32. The maximum atomic E-state index is 4.19. The highest BCUT2D eigenvalue weighted by molar-refractivity contribution is 5.83. The highest BCUT2D eigenvalue weighted by Gasteiger charge is 2.20. The lowest BCUT2D eigenvalue weighted by Crippen LogP contribution is -2.14. The van der Waals surface area contributed by atoms with E-state index in [4.69, 9.17) is 0 Å². The molecule has 1 heterocycles. The number of hydrogen-bond acceptors (Lipinski definition) is 1. The molecule has 1 aromatic heterocycles. The molecule has 2 heteroatoms. The zero-order valence-electron chi connectivity index (χ0n) is 12.4. The molecule has 1 N–H and O–H groups in total. The SMILES string of the molecule is CC(C)(C)Cc1cc(C(C)(C)C)c2[nH]ncc2c1. The molecule has 0 aliphatic carbocycles. The van der Waals surface area contributed by atoms with Crippen LogP contribution in [-0.4, -0.2) is 10.2 Å². The molecule has 0 unspecified atom stereocenters. The Kier molecular flexibility index (Phi) is 3.00. The zero-order valence-corrected chi connectivity index (χ0v) is 12.4. The first-order chi connectivity index (χ1) is 8.17. The van der Waals surface area contributed by atoms with Crippen LogP contribution in [-0.2, 0) is 11.8 Å². The zero-order chi connectivity index (χ0) is 13.6. The van der Waals surface area contributed by atoms with E-state index in [0.29, 0.717) is 5.41 Å². The summed E-state index contributed by atoms with van der Waals surface area (Å²) < 4.78 is 0. The molecular formula is C16H24N2. The molecule has 0 fully saturated rings. The Morgan fingerprint density at radius 1 is 1.06 bits per heavy atom. The van der Waals surface area contributed by atoms with Crippen LogP contribution in [0, 0.1) is 5.41 Å². The van der Waals surface area contributed by atoms with Gasteiger partial charge in [-0.2, -0.15) is 5.10 Å². The third-order valence-electron chi connectivity index (χ3n) is 3.15. The first-order valence-electron chi connectivity index (χ1n) is 6.63. The van der Waals surface area contributed by atoms with E-state index < -0.39 is 0 Å². The fourth-order valence-corrected chi connectivity index (χ4v) is 2.43. The second kappa shape index (κ2) is 4.11. The Hall–Kier alpha value is -1.31. The molecular weight excluding hydrogens is 220 g/mol. The first-order valence-corrected chi connectivity index (χ1v) is 6.63. The van der Waals surface area contributed by atoms with Crippen LogP contribution >= 0.6 is 0 Å². The molecule has 2 nitrogen and oxygen atoms in total. The summed E-state index contributed by atoms with van der Waals surface area (Å²) in [5.74, 6) is 0. The van der Waals surface area contributed by atoms with Gasteiger partial charge in [0.15, 0.2) is 0 Å². The number of rotatable bonds is 1. The van der Waals surface area contributed by atoms with Crippen molar-refractivity contribution in [3.8, 4) is 0 Å². The topological polar surface area (TPSA) is 28.7 Å². The average molecular weight is 244 g/mol. The Bertz CT molecular complexity index is 550. The molecule has 0 spiro atoms. The van der Waals surface area contributed by atoms with E-state index in [1.165, 1.54) is 22.0 Å². The number of fused-ring (bicyclic) bond motifs is 1. The van der Waals surface area contributed by atoms with Crippen LogP contribution in [0.5, 0.6) is 0 Å². The van der Waals surface area contributed by atoms with Crippen LogP contribution in [0.15, 0.2) is 18.3 Å². The normalized spacial score (nSPS) is 13.2. The molecule has 0 saturated heterocycles. The van der Waals surface area contributed by atoms with Crippen molar-refractivity contribution in [2.45, 2.75) is 53.4 Å². The standard InChI is InChI=1S/C16H24N2/c1-15(2,3)9-11-7-12-10-17-18-14(12)13(8-11)16(4,5)6/h7-8,10H,9H2,1-6H3,(H,17,18). The van der Waals surface area contributed by atoms with Gasteiger partial charge < -0.3 is 0 Å². The van der Waals surface area contributed by atoms with Gasteiger partial charge >= 0.3 is 0 Å². The van der Waals surface area contributed by atoms with Gasteiger partial charge in [0.25, 0.3) is 0 Å². The summed E-state index contributed by atoms with van der Waals surface area (Å²) in [5, 5.41) is 8.55. The maximum Gasteiger partial charge on any atom is 0.0687 e. The van der Waals surface area contributed by atoms with E-state index >= 15 is 0 Å². The molecule has 1 aromatic carbocycles. The van der Waals surface area contributed by atoms with Crippen molar-refractivity contribution in [2.24, 2.45) is 5.41 Å². The minimum atomic E-state index is 0.138. The van der Waals surface area contributed by atoms with Gasteiger partial charge in [0.1, 0.15) is 0 Å². The van der Waals surface area contributed by atoms with E-state index in [2.05, 4.69) is 63.9 Å². The van der Waals surface area contributed by atoms with E-state index in [1.54, 1.807) is 0 Å². The lowest BCUT2D eigenvalue weighted by atomic mass is 9.81. The van der Waals surface area contributed by atoms with Crippen molar-refractivity contribution in [3.63, 3.8) is 0 Å². The number of benzene rings is 1. The highest BCUT2D eigenvalue weighted by atomic mass is 15.1. The van der Waals surface area contributed by atoms with Crippen LogP contribution in [0.2, 0.25) is 0 Å². The van der Waals surface area contributed by atoms with Crippen molar-refractivity contribution in [3.05, 3.63) is 29.5 Å². The number of nitrogens with one attached hydrogen (secondary N) is 1. The summed E-state index contributed by atoms with van der Waals surface area (Å²) >= 11 is 0. The van der Waals surface area contributed by atoms with Crippen LogP contribution in [0.4, 0.5) is 0 Å². The number of hydrogen-bond donors (Lipinski definition) is 1. The first kappa shape index (κ1) is 13.1. The Morgan fingerprint density at radius 2 is 1.72 bits per heavy atom. The fraction of sp³-hybridized carbons (Fsp3) is 0.562. The van der Waals surface area contributed by atoms with Crippen LogP contribution < -0.4 is 0 Å². The van der Waals surface area contributed by atoms with E-state index in [-0.39, 0.29) is 5.41 Å². The minimum absolute atomic E-state index is 0.138. The molecule has 0 bridgehead atoms. The maximum absolute atomic E-state index is 4.19. The molecule has 0 saturated carbocycles. The van der Waals surface area contributed by atoms with Crippen molar-refractivity contribution in [1.82, 2.24) is 10.2 Å². The Morgan fingerprint density at radius 3 is 2.28 bits per heavy atom. The second-order valence-corrected chi connectivity index (χ2v) is 7.47. The monoisotopic (exact) mass is 244 g/mol. The molecule has 0 amide bonds. The lowest BCUT2D eigenvalue weighted by molar-refractivity contribution is 0.411. The summed E-state index contributed by atoms with van der Waals surface area (Å²) in [6.45, 7) is 13.6. The van der Waals surface area contributed by atoms with E-state index in [0.717, 1.165) is 6.42 Å². The largest absolute Gasteiger partial charge is 0.278 e. The Balaban J connectivity index is 2.58. The molecule has 2 aromatic rings. The van der Waals surface area contributed by atoms with Crippen LogP contribution in [0.3, 0.4) is 0 Å². The van der Waals surface area contributed by atoms with Gasteiger partial charge in [0.05, 0.1) is 11.7 Å². The third-order valence-corrected chi connectivity index (χ3v) is 3.15. The predicted molar refractivity (Wildman–Crippen MR) is 78.0 cm³/mol. The Labute approximate surface area is 110 Å². The van der Waals surface area contributed by atoms with Gasteiger partial charge in [-0.1, -0.05) is 47.6 Å². The van der Waals surface area contributed by atoms with Gasteiger partial charge in [-0.05, 0) is 34.4 Å². The van der Waals surface area contributed by atoms with Crippen LogP contribution in [0.25, 0.3) is 10.9 Å². The van der Waals surface area contributed by atoms with Gasteiger partial charge in [-0.3, -0.25) is 5.10 Å². The average Bonchev–Trinajstić information content (AvgIpc) is 2.59. The summed E-state index contributed by atoms with van der Waals surface area (Å²) in [6.07, 6.45) is 3.02. The van der Waals surface area contributed by atoms with Crippen molar-refractivity contribution >= 4 is 10.9 Å². The summed E-state index contributed by atoms with van der Waals surface area (Å²) in [4.78, 5) is 0. The summed E-state index contributed by atoms with van der Waals surface area (Å²) in [7, 11) is 0. The molecule has 2 rings (SSSR count). The molecule has 0 aliphatic rings. The smallest absolute Gasteiger partial charge is 0.0687 e.